The molecule has 0 bridgehead atoms. The zero-order valence-corrected chi connectivity index (χ0v) is 11.6. The summed E-state index contributed by atoms with van der Waals surface area (Å²) in [5.74, 6) is 1.65. The van der Waals surface area contributed by atoms with Crippen molar-refractivity contribution >= 4 is 5.69 Å². The van der Waals surface area contributed by atoms with Crippen molar-refractivity contribution in [3.05, 3.63) is 30.3 Å². The molecule has 3 N–H and O–H groups in total. The van der Waals surface area contributed by atoms with Crippen molar-refractivity contribution in [2.45, 2.75) is 0 Å². The number of phenols is 1. The van der Waals surface area contributed by atoms with Gasteiger partial charge in [0.05, 0.1) is 27.0 Å². The molecule has 2 aromatic rings. The summed E-state index contributed by atoms with van der Waals surface area (Å²) in [6, 6.07) is 8.65. The molecule has 0 aliphatic rings. The van der Waals surface area contributed by atoms with Gasteiger partial charge in [0.2, 0.25) is 5.75 Å². The second-order valence-corrected chi connectivity index (χ2v) is 4.16. The Kier molecular flexibility index (Phi) is 3.89. The summed E-state index contributed by atoms with van der Waals surface area (Å²) in [7, 11) is 4.66. The molecule has 2 aromatic carbocycles. The van der Waals surface area contributed by atoms with E-state index in [9.17, 15) is 5.11 Å². The predicted octanol–water partition coefficient (Wildman–Crippen LogP) is 2.67. The zero-order valence-electron chi connectivity index (χ0n) is 11.6. The summed E-state index contributed by atoms with van der Waals surface area (Å²) in [6.07, 6.45) is 0. The molecule has 0 aliphatic heterocycles. The van der Waals surface area contributed by atoms with Gasteiger partial charge in [0.15, 0.2) is 11.5 Å². The second-order valence-electron chi connectivity index (χ2n) is 4.16. The van der Waals surface area contributed by atoms with Gasteiger partial charge in [0.1, 0.15) is 5.75 Å². The molecular formula is C15H17NO4. The van der Waals surface area contributed by atoms with Crippen molar-refractivity contribution in [2.75, 3.05) is 27.1 Å². The molecule has 0 aliphatic carbocycles. The summed E-state index contributed by atoms with van der Waals surface area (Å²) >= 11 is 0. The molecule has 5 heteroatoms. The number of hydrogen-bond acceptors (Lipinski definition) is 5. The van der Waals surface area contributed by atoms with Crippen molar-refractivity contribution in [1.82, 2.24) is 0 Å². The molecule has 0 saturated carbocycles. The van der Waals surface area contributed by atoms with Gasteiger partial charge in [0.25, 0.3) is 0 Å². The van der Waals surface area contributed by atoms with Crippen LogP contribution in [0, 0.1) is 0 Å². The average Bonchev–Trinajstić information content (AvgIpc) is 2.48. The van der Waals surface area contributed by atoms with Crippen molar-refractivity contribution in [2.24, 2.45) is 0 Å². The first-order valence-corrected chi connectivity index (χ1v) is 6.00. The van der Waals surface area contributed by atoms with Crippen LogP contribution in [-0.2, 0) is 0 Å². The lowest BCUT2D eigenvalue weighted by molar-refractivity contribution is 0.325. The highest BCUT2D eigenvalue weighted by Gasteiger charge is 2.17. The van der Waals surface area contributed by atoms with Crippen LogP contribution in [0.25, 0.3) is 11.1 Å². The lowest BCUT2D eigenvalue weighted by Gasteiger charge is -2.16. The lowest BCUT2D eigenvalue weighted by Crippen LogP contribution is -1.97. The minimum absolute atomic E-state index is 0.0272. The number of hydrogen-bond donors (Lipinski definition) is 2. The summed E-state index contributed by atoms with van der Waals surface area (Å²) < 4.78 is 16.0. The highest BCUT2D eigenvalue weighted by molar-refractivity contribution is 5.78. The Morgan fingerprint density at radius 2 is 1.60 bits per heavy atom. The van der Waals surface area contributed by atoms with E-state index in [2.05, 4.69) is 0 Å². The number of benzene rings is 2. The summed E-state index contributed by atoms with van der Waals surface area (Å²) in [5, 5.41) is 9.73. The maximum Gasteiger partial charge on any atom is 0.203 e. The summed E-state index contributed by atoms with van der Waals surface area (Å²) in [6.45, 7) is 0. The first kappa shape index (κ1) is 13.9. The van der Waals surface area contributed by atoms with Gasteiger partial charge in [-0.2, -0.15) is 0 Å². The molecule has 0 aromatic heterocycles. The number of ether oxygens (including phenoxy) is 3. The summed E-state index contributed by atoms with van der Waals surface area (Å²) in [5.41, 5.74) is 7.49. The quantitative estimate of drug-likeness (QED) is 0.663. The van der Waals surface area contributed by atoms with Gasteiger partial charge >= 0.3 is 0 Å². The van der Waals surface area contributed by atoms with E-state index in [-0.39, 0.29) is 5.75 Å². The van der Waals surface area contributed by atoms with Crippen LogP contribution in [0.4, 0.5) is 5.69 Å². The van der Waals surface area contributed by atoms with Gasteiger partial charge in [-0.3, -0.25) is 0 Å². The van der Waals surface area contributed by atoms with E-state index in [1.165, 1.54) is 0 Å². The normalized spacial score (nSPS) is 10.2. The molecule has 0 saturated heterocycles. The van der Waals surface area contributed by atoms with E-state index in [1.54, 1.807) is 45.6 Å². The number of aromatic hydroxyl groups is 1. The minimum Gasteiger partial charge on any atom is -0.506 e. The molecule has 0 unspecified atom stereocenters. The molecule has 20 heavy (non-hydrogen) atoms. The van der Waals surface area contributed by atoms with Crippen molar-refractivity contribution in [3.63, 3.8) is 0 Å². The van der Waals surface area contributed by atoms with Crippen LogP contribution in [0.3, 0.4) is 0 Å². The van der Waals surface area contributed by atoms with E-state index in [1.807, 2.05) is 6.07 Å². The van der Waals surface area contributed by atoms with E-state index >= 15 is 0 Å². The van der Waals surface area contributed by atoms with Gasteiger partial charge in [-0.05, 0) is 29.8 Å². The van der Waals surface area contributed by atoms with Gasteiger partial charge in [0, 0.05) is 5.56 Å². The number of anilines is 1. The van der Waals surface area contributed by atoms with Crippen LogP contribution in [0.15, 0.2) is 30.3 Å². The second kappa shape index (κ2) is 5.61. The van der Waals surface area contributed by atoms with Crippen LogP contribution in [0.1, 0.15) is 0 Å². The zero-order chi connectivity index (χ0) is 14.7. The largest absolute Gasteiger partial charge is 0.506 e. The van der Waals surface area contributed by atoms with Crippen LogP contribution in [0.2, 0.25) is 0 Å². The molecule has 5 nitrogen and oxygen atoms in total. The Bertz CT molecular complexity index is 626. The van der Waals surface area contributed by atoms with E-state index in [4.69, 9.17) is 19.9 Å². The van der Waals surface area contributed by atoms with E-state index < -0.39 is 0 Å². The number of phenolic OH excluding ortho intramolecular Hbond substituents is 1. The molecule has 0 fully saturated rings. The molecule has 0 atom stereocenters. The summed E-state index contributed by atoms with van der Waals surface area (Å²) in [4.78, 5) is 0. The smallest absolute Gasteiger partial charge is 0.203 e. The third kappa shape index (κ3) is 2.30. The van der Waals surface area contributed by atoms with Gasteiger partial charge in [-0.1, -0.05) is 6.07 Å². The molecule has 0 amide bonds. The molecule has 0 heterocycles. The molecular weight excluding hydrogens is 258 g/mol. The standard InChI is InChI=1S/C15H17NO4/c1-18-13-7-5-10(14(19-2)15(13)20-3)9-4-6-11(16)12(17)8-9/h4-8,17H,16H2,1-3H3. The molecule has 0 radical (unpaired) electrons. The third-order valence-electron chi connectivity index (χ3n) is 3.05. The van der Waals surface area contributed by atoms with E-state index in [0.29, 0.717) is 22.9 Å². The fourth-order valence-electron chi connectivity index (χ4n) is 2.04. The Labute approximate surface area is 117 Å². The number of methoxy groups -OCH3 is 3. The number of rotatable bonds is 4. The Morgan fingerprint density at radius 3 is 2.15 bits per heavy atom. The van der Waals surface area contributed by atoms with Crippen molar-refractivity contribution < 1.29 is 19.3 Å². The highest BCUT2D eigenvalue weighted by Crippen LogP contribution is 2.44. The fourth-order valence-corrected chi connectivity index (χ4v) is 2.04. The molecule has 0 spiro atoms. The van der Waals surface area contributed by atoms with Gasteiger partial charge in [-0.15, -0.1) is 0 Å². The van der Waals surface area contributed by atoms with Crippen LogP contribution < -0.4 is 19.9 Å². The van der Waals surface area contributed by atoms with Crippen LogP contribution in [0.5, 0.6) is 23.0 Å². The number of nitrogens with two attached hydrogens (primary N) is 1. The van der Waals surface area contributed by atoms with E-state index in [0.717, 1.165) is 11.1 Å². The predicted molar refractivity (Wildman–Crippen MR) is 77.6 cm³/mol. The first-order valence-electron chi connectivity index (χ1n) is 6.00. The topological polar surface area (TPSA) is 73.9 Å². The number of nitrogen functional groups attached to an aromatic ring is 1. The maximum absolute atomic E-state index is 9.73. The first-order chi connectivity index (χ1) is 9.62. The Hall–Kier alpha value is -2.56. The molecule has 2 rings (SSSR count). The SMILES string of the molecule is COc1ccc(-c2ccc(N)c(O)c2)c(OC)c1OC. The monoisotopic (exact) mass is 275 g/mol. The van der Waals surface area contributed by atoms with Gasteiger partial charge in [-0.25, -0.2) is 0 Å². The van der Waals surface area contributed by atoms with Crippen molar-refractivity contribution in [3.8, 4) is 34.1 Å². The Balaban J connectivity index is 2.64. The lowest BCUT2D eigenvalue weighted by atomic mass is 10.0. The fraction of sp³-hybridized carbons (Fsp3) is 0.200. The van der Waals surface area contributed by atoms with Gasteiger partial charge < -0.3 is 25.1 Å². The third-order valence-corrected chi connectivity index (χ3v) is 3.05. The Morgan fingerprint density at radius 1 is 0.900 bits per heavy atom. The highest BCUT2D eigenvalue weighted by atomic mass is 16.5. The molecule has 106 valence electrons. The van der Waals surface area contributed by atoms with Crippen molar-refractivity contribution in [1.29, 1.82) is 0 Å². The minimum atomic E-state index is 0.0272. The van der Waals surface area contributed by atoms with Crippen LogP contribution in [-0.4, -0.2) is 26.4 Å². The van der Waals surface area contributed by atoms with Crippen LogP contribution >= 0.6 is 0 Å². The average molecular weight is 275 g/mol. The maximum atomic E-state index is 9.73.